The number of hydrogen-bond acceptors (Lipinski definition) is 3. The first-order valence-corrected chi connectivity index (χ1v) is 7.80. The number of aliphatic hydroxyl groups is 1. The van der Waals surface area contributed by atoms with Crippen LogP contribution in [-0.4, -0.2) is 32.1 Å². The molecule has 0 amide bonds. The van der Waals surface area contributed by atoms with Gasteiger partial charge in [-0.05, 0) is 37.5 Å². The minimum Gasteiger partial charge on any atom is -0.393 e. The molecule has 0 aliphatic carbocycles. The summed E-state index contributed by atoms with van der Waals surface area (Å²) in [4.78, 5) is 0.228. The number of rotatable bonds is 7. The van der Waals surface area contributed by atoms with Crippen LogP contribution < -0.4 is 4.72 Å². The molecule has 0 fully saturated rings. The summed E-state index contributed by atoms with van der Waals surface area (Å²) in [7, 11) is -3.48. The van der Waals surface area contributed by atoms with Crippen LogP contribution in [0.3, 0.4) is 0 Å². The third-order valence-corrected chi connectivity index (χ3v) is 4.14. The van der Waals surface area contributed by atoms with Gasteiger partial charge in [-0.25, -0.2) is 13.1 Å². The number of nitrogens with one attached hydrogen (secondary N) is 1. The molecule has 4 nitrogen and oxygen atoms in total. The highest BCUT2D eigenvalue weighted by Crippen LogP contribution is 2.11. The van der Waals surface area contributed by atoms with Gasteiger partial charge in [-0.2, -0.15) is 0 Å². The Labute approximate surface area is 113 Å². The molecular weight excluding hydrogens is 274 g/mol. The van der Waals surface area contributed by atoms with Gasteiger partial charge in [0.1, 0.15) is 0 Å². The van der Waals surface area contributed by atoms with Gasteiger partial charge in [-0.1, -0.05) is 12.1 Å². The van der Waals surface area contributed by atoms with Crippen LogP contribution in [0.25, 0.3) is 0 Å². The highest BCUT2D eigenvalue weighted by Gasteiger charge is 2.13. The summed E-state index contributed by atoms with van der Waals surface area (Å²) in [5.74, 6) is 0.513. The van der Waals surface area contributed by atoms with Crippen LogP contribution in [0.2, 0.25) is 0 Å². The lowest BCUT2D eigenvalue weighted by Gasteiger charge is -2.08. The van der Waals surface area contributed by atoms with Crippen molar-refractivity contribution in [1.82, 2.24) is 4.72 Å². The lowest BCUT2D eigenvalue weighted by atomic mass is 10.2. The van der Waals surface area contributed by atoms with Crippen molar-refractivity contribution in [2.45, 2.75) is 30.8 Å². The standard InChI is InChI=1S/C12H18ClNO3S/c1-10(15)7-9-14-18(16,17)12-4-2-11(3-5-12)6-8-13/h2-5,10,14-15H,6-9H2,1H3. The number of hydrogen-bond donors (Lipinski definition) is 2. The molecule has 0 saturated heterocycles. The first-order valence-electron chi connectivity index (χ1n) is 5.78. The van der Waals surface area contributed by atoms with Gasteiger partial charge in [-0.3, -0.25) is 0 Å². The molecule has 1 atom stereocenters. The van der Waals surface area contributed by atoms with Crippen molar-refractivity contribution in [3.63, 3.8) is 0 Å². The van der Waals surface area contributed by atoms with Crippen LogP contribution in [0.5, 0.6) is 0 Å². The molecule has 0 aromatic heterocycles. The largest absolute Gasteiger partial charge is 0.393 e. The zero-order chi connectivity index (χ0) is 13.6. The predicted octanol–water partition coefficient (Wildman–Crippen LogP) is 1.52. The highest BCUT2D eigenvalue weighted by molar-refractivity contribution is 7.89. The zero-order valence-electron chi connectivity index (χ0n) is 10.3. The van der Waals surface area contributed by atoms with Crippen molar-refractivity contribution < 1.29 is 13.5 Å². The van der Waals surface area contributed by atoms with Gasteiger partial charge in [0.05, 0.1) is 11.0 Å². The maximum Gasteiger partial charge on any atom is 0.240 e. The van der Waals surface area contributed by atoms with Gasteiger partial charge < -0.3 is 5.11 Å². The molecule has 0 saturated carbocycles. The molecule has 0 heterocycles. The van der Waals surface area contributed by atoms with Crippen LogP contribution in [0.15, 0.2) is 29.2 Å². The average Bonchev–Trinajstić information content (AvgIpc) is 2.29. The maximum atomic E-state index is 11.9. The van der Waals surface area contributed by atoms with E-state index in [0.29, 0.717) is 12.3 Å². The summed E-state index contributed by atoms with van der Waals surface area (Å²) in [5.41, 5.74) is 1.01. The fourth-order valence-electron chi connectivity index (χ4n) is 1.43. The third kappa shape index (κ3) is 4.94. The SMILES string of the molecule is CC(O)CCNS(=O)(=O)c1ccc(CCCl)cc1. The predicted molar refractivity (Wildman–Crippen MR) is 72.4 cm³/mol. The van der Waals surface area contributed by atoms with E-state index < -0.39 is 16.1 Å². The van der Waals surface area contributed by atoms with Gasteiger partial charge in [-0.15, -0.1) is 11.6 Å². The Kier molecular flexibility index (Phi) is 6.08. The van der Waals surface area contributed by atoms with E-state index >= 15 is 0 Å². The lowest BCUT2D eigenvalue weighted by molar-refractivity contribution is 0.186. The fraction of sp³-hybridized carbons (Fsp3) is 0.500. The van der Waals surface area contributed by atoms with Crippen LogP contribution in [-0.2, 0) is 16.4 Å². The number of sulfonamides is 1. The molecule has 18 heavy (non-hydrogen) atoms. The number of aryl methyl sites for hydroxylation is 1. The van der Waals surface area contributed by atoms with Gasteiger partial charge in [0, 0.05) is 12.4 Å². The number of benzene rings is 1. The molecule has 1 rings (SSSR count). The van der Waals surface area contributed by atoms with Crippen LogP contribution >= 0.6 is 11.6 Å². The summed E-state index contributed by atoms with van der Waals surface area (Å²) in [6.07, 6.45) is 0.597. The Morgan fingerprint density at radius 2 is 1.94 bits per heavy atom. The molecule has 0 aliphatic rings. The minimum atomic E-state index is -3.48. The minimum absolute atomic E-state index is 0.226. The second-order valence-electron chi connectivity index (χ2n) is 4.12. The summed E-state index contributed by atoms with van der Waals surface area (Å²) in [5, 5.41) is 9.07. The van der Waals surface area contributed by atoms with Crippen LogP contribution in [0, 0.1) is 0 Å². The third-order valence-electron chi connectivity index (χ3n) is 2.47. The van der Waals surface area contributed by atoms with Crippen molar-refractivity contribution >= 4 is 21.6 Å². The molecule has 102 valence electrons. The Bertz CT molecular complexity index is 457. The van der Waals surface area contributed by atoms with Crippen molar-refractivity contribution in [2.75, 3.05) is 12.4 Å². The normalized spacial score (nSPS) is 13.5. The van der Waals surface area contributed by atoms with Crippen LogP contribution in [0.1, 0.15) is 18.9 Å². The number of aliphatic hydroxyl groups excluding tert-OH is 1. The van der Waals surface area contributed by atoms with E-state index in [1.165, 1.54) is 0 Å². The van der Waals surface area contributed by atoms with Crippen molar-refractivity contribution in [3.05, 3.63) is 29.8 Å². The highest BCUT2D eigenvalue weighted by atomic mass is 35.5. The Hall–Kier alpha value is -0.620. The molecule has 0 aliphatic heterocycles. The van der Waals surface area contributed by atoms with Crippen molar-refractivity contribution in [1.29, 1.82) is 0 Å². The van der Waals surface area contributed by atoms with Crippen molar-refractivity contribution in [3.8, 4) is 0 Å². The second-order valence-corrected chi connectivity index (χ2v) is 6.26. The van der Waals surface area contributed by atoms with Gasteiger partial charge in [0.25, 0.3) is 0 Å². The smallest absolute Gasteiger partial charge is 0.240 e. The topological polar surface area (TPSA) is 66.4 Å². The lowest BCUT2D eigenvalue weighted by Crippen LogP contribution is -2.26. The molecule has 0 spiro atoms. The van der Waals surface area contributed by atoms with Gasteiger partial charge >= 0.3 is 0 Å². The number of alkyl halides is 1. The summed E-state index contributed by atoms with van der Waals surface area (Å²) in [6.45, 7) is 1.85. The van der Waals surface area contributed by atoms with E-state index in [1.54, 1.807) is 31.2 Å². The Morgan fingerprint density at radius 3 is 2.44 bits per heavy atom. The van der Waals surface area contributed by atoms with Gasteiger partial charge in [0.2, 0.25) is 10.0 Å². The van der Waals surface area contributed by atoms with E-state index in [-0.39, 0.29) is 11.4 Å². The maximum absolute atomic E-state index is 11.9. The van der Waals surface area contributed by atoms with E-state index in [1.807, 2.05) is 0 Å². The first-order chi connectivity index (χ1) is 8.45. The van der Waals surface area contributed by atoms with E-state index in [2.05, 4.69) is 4.72 Å². The molecule has 1 aromatic rings. The van der Waals surface area contributed by atoms with Crippen LogP contribution in [0.4, 0.5) is 0 Å². The summed E-state index contributed by atoms with van der Waals surface area (Å²) in [6, 6.07) is 6.64. The molecular formula is C12H18ClNO3S. The Balaban J connectivity index is 2.67. The zero-order valence-corrected chi connectivity index (χ0v) is 11.8. The average molecular weight is 292 g/mol. The first kappa shape index (κ1) is 15.4. The molecule has 0 bridgehead atoms. The molecule has 0 radical (unpaired) electrons. The van der Waals surface area contributed by atoms with E-state index in [0.717, 1.165) is 12.0 Å². The van der Waals surface area contributed by atoms with Gasteiger partial charge in [0.15, 0.2) is 0 Å². The second kappa shape index (κ2) is 7.09. The summed E-state index contributed by atoms with van der Waals surface area (Å²) < 4.78 is 26.2. The quantitative estimate of drug-likeness (QED) is 0.749. The van der Waals surface area contributed by atoms with Crippen molar-refractivity contribution in [2.24, 2.45) is 0 Å². The summed E-state index contributed by atoms with van der Waals surface area (Å²) >= 11 is 5.61. The molecule has 1 unspecified atom stereocenters. The van der Waals surface area contributed by atoms with E-state index in [9.17, 15) is 8.42 Å². The fourth-order valence-corrected chi connectivity index (χ4v) is 2.70. The molecule has 6 heteroatoms. The molecule has 2 N–H and O–H groups in total. The molecule has 1 aromatic carbocycles. The Morgan fingerprint density at radius 1 is 1.33 bits per heavy atom. The number of halogens is 1. The van der Waals surface area contributed by atoms with E-state index in [4.69, 9.17) is 16.7 Å². The monoisotopic (exact) mass is 291 g/mol.